The lowest BCUT2D eigenvalue weighted by Crippen LogP contribution is -2.27. The largest absolute Gasteiger partial charge is 0.444 e. The van der Waals surface area contributed by atoms with E-state index in [9.17, 15) is 4.79 Å². The number of pyridine rings is 2. The van der Waals surface area contributed by atoms with E-state index in [-0.39, 0.29) is 0 Å². The van der Waals surface area contributed by atoms with Crippen LogP contribution < -0.4 is 5.32 Å². The predicted octanol–water partition coefficient (Wildman–Crippen LogP) is 3.49. The molecule has 20 heavy (non-hydrogen) atoms. The average Bonchev–Trinajstić information content (AvgIpc) is 2.38. The molecule has 5 heteroatoms. The summed E-state index contributed by atoms with van der Waals surface area (Å²) in [6, 6.07) is 9.05. The fourth-order valence-electron chi connectivity index (χ4n) is 1.63. The molecule has 1 amide bonds. The van der Waals surface area contributed by atoms with E-state index in [1.54, 1.807) is 24.5 Å². The highest BCUT2D eigenvalue weighted by Crippen LogP contribution is 2.23. The Morgan fingerprint density at radius 1 is 1.10 bits per heavy atom. The molecular formula is C15H17N3O2. The number of rotatable bonds is 2. The standard InChI is InChI=1S/C15H17N3O2/c1-15(2,3)20-14(19)18-12-8-6-10-17-13(12)11-7-4-5-9-16-11/h4-10H,1-3H3,(H,18,19). The maximum absolute atomic E-state index is 11.8. The lowest BCUT2D eigenvalue weighted by molar-refractivity contribution is 0.0636. The third kappa shape index (κ3) is 3.78. The van der Waals surface area contributed by atoms with E-state index in [1.807, 2.05) is 39.0 Å². The maximum Gasteiger partial charge on any atom is 0.412 e. The molecule has 5 nitrogen and oxygen atoms in total. The molecule has 2 aromatic heterocycles. The second-order valence-electron chi connectivity index (χ2n) is 5.24. The molecule has 0 bridgehead atoms. The smallest absolute Gasteiger partial charge is 0.412 e. The highest BCUT2D eigenvalue weighted by molar-refractivity contribution is 5.89. The highest BCUT2D eigenvalue weighted by Gasteiger charge is 2.17. The van der Waals surface area contributed by atoms with Gasteiger partial charge in [-0.2, -0.15) is 0 Å². The lowest BCUT2D eigenvalue weighted by atomic mass is 10.2. The van der Waals surface area contributed by atoms with E-state index in [0.29, 0.717) is 17.1 Å². The Morgan fingerprint density at radius 2 is 1.85 bits per heavy atom. The molecule has 0 aromatic carbocycles. The number of nitrogens with zero attached hydrogens (tertiary/aromatic N) is 2. The Labute approximate surface area is 118 Å². The summed E-state index contributed by atoms with van der Waals surface area (Å²) < 4.78 is 5.23. The van der Waals surface area contributed by atoms with E-state index in [2.05, 4.69) is 15.3 Å². The third-order valence-corrected chi connectivity index (χ3v) is 2.35. The van der Waals surface area contributed by atoms with Crippen LogP contribution in [0.25, 0.3) is 11.4 Å². The normalized spacial score (nSPS) is 10.9. The van der Waals surface area contributed by atoms with Crippen LogP contribution >= 0.6 is 0 Å². The number of hydrogen-bond donors (Lipinski definition) is 1. The van der Waals surface area contributed by atoms with Crippen LogP contribution in [0, 0.1) is 0 Å². The Morgan fingerprint density at radius 3 is 2.50 bits per heavy atom. The van der Waals surface area contributed by atoms with Crippen molar-refractivity contribution in [1.82, 2.24) is 9.97 Å². The van der Waals surface area contributed by atoms with Gasteiger partial charge in [-0.25, -0.2) is 4.79 Å². The van der Waals surface area contributed by atoms with Crippen LogP contribution in [-0.4, -0.2) is 21.7 Å². The Hall–Kier alpha value is -2.43. The van der Waals surface area contributed by atoms with Crippen molar-refractivity contribution < 1.29 is 9.53 Å². The molecule has 0 spiro atoms. The number of carbonyl (C=O) groups is 1. The van der Waals surface area contributed by atoms with E-state index in [0.717, 1.165) is 0 Å². The van der Waals surface area contributed by atoms with Crippen LogP contribution in [0.15, 0.2) is 42.7 Å². The predicted molar refractivity (Wildman–Crippen MR) is 77.3 cm³/mol. The van der Waals surface area contributed by atoms with Crippen LogP contribution in [0.5, 0.6) is 0 Å². The number of amides is 1. The first-order chi connectivity index (χ1) is 9.46. The SMILES string of the molecule is CC(C)(C)OC(=O)Nc1cccnc1-c1ccccn1. The van der Waals surface area contributed by atoms with Crippen molar-refractivity contribution in [1.29, 1.82) is 0 Å². The molecule has 0 saturated heterocycles. The molecule has 2 rings (SSSR count). The number of aromatic nitrogens is 2. The summed E-state index contributed by atoms with van der Waals surface area (Å²) in [6.07, 6.45) is 2.83. The molecule has 2 aromatic rings. The van der Waals surface area contributed by atoms with Crippen LogP contribution in [0.2, 0.25) is 0 Å². The second-order valence-corrected chi connectivity index (χ2v) is 5.24. The molecule has 0 aliphatic rings. The summed E-state index contributed by atoms with van der Waals surface area (Å²) in [5.74, 6) is 0. The second kappa shape index (κ2) is 5.69. The molecule has 104 valence electrons. The number of nitrogens with one attached hydrogen (secondary N) is 1. The van der Waals surface area contributed by atoms with E-state index >= 15 is 0 Å². The zero-order valence-corrected chi connectivity index (χ0v) is 11.8. The number of ether oxygens (including phenoxy) is 1. The molecule has 0 fully saturated rings. The van der Waals surface area contributed by atoms with Gasteiger partial charge >= 0.3 is 6.09 Å². The third-order valence-electron chi connectivity index (χ3n) is 2.35. The monoisotopic (exact) mass is 271 g/mol. The summed E-state index contributed by atoms with van der Waals surface area (Å²) in [7, 11) is 0. The Kier molecular flexibility index (Phi) is 3.98. The minimum atomic E-state index is -0.544. The molecule has 2 heterocycles. The van der Waals surface area contributed by atoms with Crippen molar-refractivity contribution in [2.75, 3.05) is 5.32 Å². The molecule has 0 radical (unpaired) electrons. The zero-order chi connectivity index (χ0) is 14.6. The summed E-state index contributed by atoms with van der Waals surface area (Å²) in [4.78, 5) is 20.3. The first-order valence-corrected chi connectivity index (χ1v) is 6.32. The van der Waals surface area contributed by atoms with Crippen molar-refractivity contribution in [3.05, 3.63) is 42.7 Å². The molecule has 0 aliphatic carbocycles. The first-order valence-electron chi connectivity index (χ1n) is 6.32. The summed E-state index contributed by atoms with van der Waals surface area (Å²) in [5, 5.41) is 2.70. The molecular weight excluding hydrogens is 254 g/mol. The van der Waals surface area contributed by atoms with Crippen molar-refractivity contribution in [3.63, 3.8) is 0 Å². The van der Waals surface area contributed by atoms with Gasteiger partial charge in [-0.05, 0) is 45.0 Å². The van der Waals surface area contributed by atoms with Crippen LogP contribution in [0.1, 0.15) is 20.8 Å². The van der Waals surface area contributed by atoms with Crippen molar-refractivity contribution in [2.24, 2.45) is 0 Å². The Balaban J connectivity index is 2.23. The lowest BCUT2D eigenvalue weighted by Gasteiger charge is -2.20. The molecule has 1 N–H and O–H groups in total. The van der Waals surface area contributed by atoms with Crippen molar-refractivity contribution >= 4 is 11.8 Å². The summed E-state index contributed by atoms with van der Waals surface area (Å²) in [5.41, 5.74) is 1.33. The number of carbonyl (C=O) groups excluding carboxylic acids is 1. The minimum Gasteiger partial charge on any atom is -0.444 e. The summed E-state index contributed by atoms with van der Waals surface area (Å²) >= 11 is 0. The van der Waals surface area contributed by atoms with Gasteiger partial charge in [0.2, 0.25) is 0 Å². The molecule has 0 aliphatic heterocycles. The first kappa shape index (κ1) is 14.0. The summed E-state index contributed by atoms with van der Waals surface area (Å²) in [6.45, 7) is 5.44. The quantitative estimate of drug-likeness (QED) is 0.908. The topological polar surface area (TPSA) is 64.1 Å². The number of anilines is 1. The van der Waals surface area contributed by atoms with Gasteiger partial charge in [0.15, 0.2) is 0 Å². The van der Waals surface area contributed by atoms with Crippen molar-refractivity contribution in [2.45, 2.75) is 26.4 Å². The zero-order valence-electron chi connectivity index (χ0n) is 11.8. The molecule has 0 unspecified atom stereocenters. The average molecular weight is 271 g/mol. The van der Waals surface area contributed by atoms with Crippen LogP contribution in [0.3, 0.4) is 0 Å². The minimum absolute atomic E-state index is 0.511. The highest BCUT2D eigenvalue weighted by atomic mass is 16.6. The van der Waals surface area contributed by atoms with Gasteiger partial charge in [0.1, 0.15) is 11.3 Å². The van der Waals surface area contributed by atoms with Gasteiger partial charge in [-0.15, -0.1) is 0 Å². The fourth-order valence-corrected chi connectivity index (χ4v) is 1.63. The van der Waals surface area contributed by atoms with Crippen LogP contribution in [-0.2, 0) is 4.74 Å². The molecule has 0 saturated carbocycles. The van der Waals surface area contributed by atoms with E-state index in [1.165, 1.54) is 0 Å². The van der Waals surface area contributed by atoms with E-state index < -0.39 is 11.7 Å². The van der Waals surface area contributed by atoms with Gasteiger partial charge in [-0.1, -0.05) is 6.07 Å². The van der Waals surface area contributed by atoms with Gasteiger partial charge < -0.3 is 4.74 Å². The fraction of sp³-hybridized carbons (Fsp3) is 0.267. The van der Waals surface area contributed by atoms with Crippen molar-refractivity contribution in [3.8, 4) is 11.4 Å². The molecule has 0 atom stereocenters. The van der Waals surface area contributed by atoms with Crippen LogP contribution in [0.4, 0.5) is 10.5 Å². The van der Waals surface area contributed by atoms with E-state index in [4.69, 9.17) is 4.74 Å². The maximum atomic E-state index is 11.8. The van der Waals surface area contributed by atoms with Gasteiger partial charge in [0, 0.05) is 12.4 Å². The van der Waals surface area contributed by atoms with Gasteiger partial charge in [-0.3, -0.25) is 15.3 Å². The number of hydrogen-bond acceptors (Lipinski definition) is 4. The van der Waals surface area contributed by atoms with Gasteiger partial charge in [0.05, 0.1) is 11.4 Å². The Bertz CT molecular complexity index is 592. The van der Waals surface area contributed by atoms with Gasteiger partial charge in [0.25, 0.3) is 0 Å².